The maximum absolute atomic E-state index is 13.3. The summed E-state index contributed by atoms with van der Waals surface area (Å²) in [4.78, 5) is 12.6. The van der Waals surface area contributed by atoms with E-state index in [0.29, 0.717) is 31.1 Å². The standard InChI is InChI=1S/C20H23ClN2O4S/c1-27-13-11-22-20(24)14-19-18-5-3-2-4-15(18)10-12-23(19)28(25,26)17-8-6-16(21)7-9-17/h2-9,19H,10-14H2,1H3,(H,22,24)/t19-/m1/s1. The van der Waals surface area contributed by atoms with E-state index in [1.54, 1.807) is 19.2 Å². The van der Waals surface area contributed by atoms with E-state index < -0.39 is 16.1 Å². The molecule has 0 unspecified atom stereocenters. The highest BCUT2D eigenvalue weighted by Gasteiger charge is 2.37. The fraction of sp³-hybridized carbons (Fsp3) is 0.350. The van der Waals surface area contributed by atoms with Crippen molar-refractivity contribution in [1.29, 1.82) is 0 Å². The van der Waals surface area contributed by atoms with Crippen LogP contribution in [0.4, 0.5) is 0 Å². The van der Waals surface area contributed by atoms with Crippen molar-refractivity contribution < 1.29 is 17.9 Å². The Balaban J connectivity index is 1.92. The predicted octanol–water partition coefficient (Wildman–Crippen LogP) is 2.78. The quantitative estimate of drug-likeness (QED) is 0.696. The number of sulfonamides is 1. The van der Waals surface area contributed by atoms with E-state index in [-0.39, 0.29) is 17.2 Å². The van der Waals surface area contributed by atoms with Crippen LogP contribution in [0.15, 0.2) is 53.4 Å². The molecule has 2 aromatic rings. The van der Waals surface area contributed by atoms with Gasteiger partial charge in [-0.25, -0.2) is 8.42 Å². The van der Waals surface area contributed by atoms with Crippen LogP contribution in [-0.4, -0.2) is 45.4 Å². The van der Waals surface area contributed by atoms with Crippen LogP contribution in [0.1, 0.15) is 23.6 Å². The van der Waals surface area contributed by atoms with E-state index in [0.717, 1.165) is 11.1 Å². The SMILES string of the molecule is COCCNC(=O)C[C@@H]1c2ccccc2CCN1S(=O)(=O)c1ccc(Cl)cc1. The van der Waals surface area contributed by atoms with Gasteiger partial charge in [-0.05, 0) is 41.8 Å². The molecule has 0 aromatic heterocycles. The number of nitrogens with one attached hydrogen (secondary N) is 1. The average Bonchev–Trinajstić information content (AvgIpc) is 2.68. The van der Waals surface area contributed by atoms with E-state index in [1.807, 2.05) is 24.3 Å². The molecule has 0 saturated carbocycles. The summed E-state index contributed by atoms with van der Waals surface area (Å²) >= 11 is 5.90. The highest BCUT2D eigenvalue weighted by molar-refractivity contribution is 7.89. The smallest absolute Gasteiger partial charge is 0.243 e. The van der Waals surface area contributed by atoms with Gasteiger partial charge in [0.2, 0.25) is 15.9 Å². The van der Waals surface area contributed by atoms with Gasteiger partial charge in [0.05, 0.1) is 17.5 Å². The first kappa shape index (κ1) is 20.8. The highest BCUT2D eigenvalue weighted by Crippen LogP contribution is 2.36. The van der Waals surface area contributed by atoms with E-state index >= 15 is 0 Å². The minimum Gasteiger partial charge on any atom is -0.383 e. The molecule has 0 fully saturated rings. The number of carbonyl (C=O) groups is 1. The number of rotatable bonds is 7. The van der Waals surface area contributed by atoms with Gasteiger partial charge in [0.15, 0.2) is 0 Å². The van der Waals surface area contributed by atoms with Crippen molar-refractivity contribution in [2.45, 2.75) is 23.8 Å². The first-order valence-electron chi connectivity index (χ1n) is 9.04. The van der Waals surface area contributed by atoms with Crippen LogP contribution in [0.3, 0.4) is 0 Å². The average molecular weight is 423 g/mol. The van der Waals surface area contributed by atoms with Gasteiger partial charge in [-0.1, -0.05) is 35.9 Å². The molecular formula is C20H23ClN2O4S. The molecule has 150 valence electrons. The van der Waals surface area contributed by atoms with Crippen molar-refractivity contribution in [3.8, 4) is 0 Å². The lowest BCUT2D eigenvalue weighted by Gasteiger charge is -2.36. The van der Waals surface area contributed by atoms with Gasteiger partial charge in [0.25, 0.3) is 0 Å². The molecule has 0 radical (unpaired) electrons. The largest absolute Gasteiger partial charge is 0.383 e. The fourth-order valence-electron chi connectivity index (χ4n) is 3.41. The lowest BCUT2D eigenvalue weighted by atomic mass is 9.92. The monoisotopic (exact) mass is 422 g/mol. The number of nitrogens with zero attached hydrogens (tertiary/aromatic N) is 1. The Morgan fingerprint density at radius 1 is 1.21 bits per heavy atom. The molecule has 1 N–H and O–H groups in total. The molecule has 8 heteroatoms. The molecule has 1 aliphatic rings. The molecule has 1 heterocycles. The number of carbonyl (C=O) groups excluding carboxylic acids is 1. The first-order chi connectivity index (χ1) is 13.4. The molecule has 0 aliphatic carbocycles. The number of benzene rings is 2. The third kappa shape index (κ3) is 4.55. The number of halogens is 1. The second-order valence-electron chi connectivity index (χ2n) is 6.58. The third-order valence-corrected chi connectivity index (χ3v) is 6.96. The molecule has 6 nitrogen and oxygen atoms in total. The predicted molar refractivity (Wildman–Crippen MR) is 108 cm³/mol. The van der Waals surface area contributed by atoms with Crippen LogP contribution in [0.25, 0.3) is 0 Å². The molecule has 2 aromatic carbocycles. The van der Waals surface area contributed by atoms with Crippen molar-refractivity contribution in [2.24, 2.45) is 0 Å². The van der Waals surface area contributed by atoms with Crippen molar-refractivity contribution in [2.75, 3.05) is 26.8 Å². The van der Waals surface area contributed by atoms with Crippen molar-refractivity contribution in [3.05, 3.63) is 64.7 Å². The van der Waals surface area contributed by atoms with Crippen molar-refractivity contribution >= 4 is 27.5 Å². The van der Waals surface area contributed by atoms with Gasteiger partial charge >= 0.3 is 0 Å². The number of methoxy groups -OCH3 is 1. The lowest BCUT2D eigenvalue weighted by molar-refractivity contribution is -0.122. The van der Waals surface area contributed by atoms with Crippen LogP contribution < -0.4 is 5.32 Å². The fourth-order valence-corrected chi connectivity index (χ4v) is 5.14. The normalized spacial score (nSPS) is 17.1. The van der Waals surface area contributed by atoms with Crippen LogP contribution in [-0.2, 0) is 26.0 Å². The van der Waals surface area contributed by atoms with Crippen LogP contribution in [0.5, 0.6) is 0 Å². The highest BCUT2D eigenvalue weighted by atomic mass is 35.5. The maximum Gasteiger partial charge on any atom is 0.243 e. The third-order valence-electron chi connectivity index (χ3n) is 4.79. The molecule has 1 amide bonds. The molecule has 0 spiro atoms. The Kier molecular flexibility index (Phi) is 6.72. The molecule has 1 aliphatic heterocycles. The Morgan fingerprint density at radius 2 is 1.93 bits per heavy atom. The van der Waals surface area contributed by atoms with Crippen LogP contribution in [0, 0.1) is 0 Å². The molecular weight excluding hydrogens is 400 g/mol. The number of hydrogen-bond donors (Lipinski definition) is 1. The van der Waals surface area contributed by atoms with E-state index in [9.17, 15) is 13.2 Å². The number of fused-ring (bicyclic) bond motifs is 1. The summed E-state index contributed by atoms with van der Waals surface area (Å²) in [5, 5.41) is 3.25. The zero-order valence-corrected chi connectivity index (χ0v) is 17.2. The molecule has 0 saturated heterocycles. The van der Waals surface area contributed by atoms with Gasteiger partial charge in [0, 0.05) is 31.6 Å². The molecule has 0 bridgehead atoms. The molecule has 3 rings (SSSR count). The molecule has 28 heavy (non-hydrogen) atoms. The Bertz CT molecular complexity index is 931. The van der Waals surface area contributed by atoms with Crippen molar-refractivity contribution in [1.82, 2.24) is 9.62 Å². The van der Waals surface area contributed by atoms with E-state index in [4.69, 9.17) is 16.3 Å². The Labute approximate surface area is 170 Å². The van der Waals surface area contributed by atoms with E-state index in [2.05, 4.69) is 5.32 Å². The Hall–Kier alpha value is -1.93. The zero-order chi connectivity index (χ0) is 20.1. The van der Waals surface area contributed by atoms with Gasteiger partial charge < -0.3 is 10.1 Å². The topological polar surface area (TPSA) is 75.7 Å². The van der Waals surface area contributed by atoms with E-state index in [1.165, 1.54) is 16.4 Å². The summed E-state index contributed by atoms with van der Waals surface area (Å²) in [7, 11) is -2.21. The van der Waals surface area contributed by atoms with Gasteiger partial charge in [-0.3, -0.25) is 4.79 Å². The summed E-state index contributed by atoms with van der Waals surface area (Å²) in [6.45, 7) is 1.10. The summed E-state index contributed by atoms with van der Waals surface area (Å²) in [5.41, 5.74) is 1.94. The zero-order valence-electron chi connectivity index (χ0n) is 15.6. The van der Waals surface area contributed by atoms with Crippen LogP contribution in [0.2, 0.25) is 5.02 Å². The first-order valence-corrected chi connectivity index (χ1v) is 10.9. The van der Waals surface area contributed by atoms with Gasteiger partial charge in [-0.15, -0.1) is 0 Å². The summed E-state index contributed by atoms with van der Waals surface area (Å²) in [6.07, 6.45) is 0.651. The Morgan fingerprint density at radius 3 is 2.64 bits per heavy atom. The summed E-state index contributed by atoms with van der Waals surface area (Å²) in [5.74, 6) is -0.213. The molecule has 1 atom stereocenters. The summed E-state index contributed by atoms with van der Waals surface area (Å²) in [6, 6.07) is 13.2. The number of amides is 1. The van der Waals surface area contributed by atoms with Crippen molar-refractivity contribution in [3.63, 3.8) is 0 Å². The second kappa shape index (κ2) is 9.05. The number of hydrogen-bond acceptors (Lipinski definition) is 4. The lowest BCUT2D eigenvalue weighted by Crippen LogP contribution is -2.42. The number of ether oxygens (including phenoxy) is 1. The maximum atomic E-state index is 13.3. The van der Waals surface area contributed by atoms with Crippen LogP contribution >= 0.6 is 11.6 Å². The van der Waals surface area contributed by atoms with Gasteiger partial charge in [0.1, 0.15) is 0 Å². The minimum absolute atomic E-state index is 0.0492. The minimum atomic E-state index is -3.77. The van der Waals surface area contributed by atoms with Gasteiger partial charge in [-0.2, -0.15) is 4.31 Å². The second-order valence-corrected chi connectivity index (χ2v) is 8.91. The summed E-state index contributed by atoms with van der Waals surface area (Å²) < 4.78 is 33.0.